The molecule has 0 bridgehead atoms. The van der Waals surface area contributed by atoms with Crippen LogP contribution in [-0.4, -0.2) is 64.5 Å². The maximum Gasteiger partial charge on any atom is 0.241 e. The molecule has 1 fully saturated rings. The second-order valence-electron chi connectivity index (χ2n) is 6.37. The highest BCUT2D eigenvalue weighted by atomic mass is 35.5. The van der Waals surface area contributed by atoms with E-state index in [2.05, 4.69) is 21.6 Å². The van der Waals surface area contributed by atoms with Crippen molar-refractivity contribution >= 4 is 33.2 Å². The Morgan fingerprint density at radius 1 is 1.00 bits per heavy atom. The van der Waals surface area contributed by atoms with Crippen LogP contribution in [0.25, 0.3) is 10.8 Å². The fraction of sp³-hybridized carbons (Fsp3) is 0.444. The van der Waals surface area contributed by atoms with E-state index in [0.717, 1.165) is 49.9 Å². The van der Waals surface area contributed by atoms with Gasteiger partial charge in [-0.3, -0.25) is 0 Å². The van der Waals surface area contributed by atoms with E-state index in [0.29, 0.717) is 11.4 Å². The molecule has 25 heavy (non-hydrogen) atoms. The predicted octanol–water partition coefficient (Wildman–Crippen LogP) is 2.18. The van der Waals surface area contributed by atoms with Crippen molar-refractivity contribution < 1.29 is 8.42 Å². The van der Waals surface area contributed by atoms with Crippen LogP contribution in [0, 0.1) is 0 Å². The number of piperazine rings is 1. The third-order valence-corrected chi connectivity index (χ3v) is 6.10. The van der Waals surface area contributed by atoms with Gasteiger partial charge < -0.3 is 9.80 Å². The Balaban J connectivity index is 0.00000225. The van der Waals surface area contributed by atoms with Crippen LogP contribution < -0.4 is 4.72 Å². The first-order valence-corrected chi connectivity index (χ1v) is 9.93. The maximum atomic E-state index is 12.6. The number of benzene rings is 2. The molecule has 1 heterocycles. The molecule has 0 saturated carbocycles. The SMILES string of the molecule is CN1CCN(CCCNS(=O)(=O)c2cccc3ccccc23)CC1.Cl. The van der Waals surface area contributed by atoms with Crippen molar-refractivity contribution in [2.75, 3.05) is 46.3 Å². The maximum absolute atomic E-state index is 12.6. The van der Waals surface area contributed by atoms with Gasteiger partial charge in [0.15, 0.2) is 0 Å². The van der Waals surface area contributed by atoms with Crippen molar-refractivity contribution in [2.45, 2.75) is 11.3 Å². The van der Waals surface area contributed by atoms with Gasteiger partial charge >= 0.3 is 0 Å². The Labute approximate surface area is 156 Å². The van der Waals surface area contributed by atoms with Gasteiger partial charge in [0.1, 0.15) is 0 Å². The van der Waals surface area contributed by atoms with Crippen LogP contribution in [0.5, 0.6) is 0 Å². The van der Waals surface area contributed by atoms with Gasteiger partial charge in [-0.25, -0.2) is 13.1 Å². The monoisotopic (exact) mass is 383 g/mol. The topological polar surface area (TPSA) is 52.6 Å². The van der Waals surface area contributed by atoms with Gasteiger partial charge in [-0.05, 0) is 31.5 Å². The molecule has 3 rings (SSSR count). The first-order chi connectivity index (χ1) is 11.6. The lowest BCUT2D eigenvalue weighted by Crippen LogP contribution is -2.45. The molecular weight excluding hydrogens is 358 g/mol. The molecule has 0 unspecified atom stereocenters. The van der Waals surface area contributed by atoms with Crippen LogP contribution >= 0.6 is 12.4 Å². The normalized spacial score (nSPS) is 16.7. The van der Waals surface area contributed by atoms with Gasteiger partial charge in [-0.1, -0.05) is 36.4 Å². The van der Waals surface area contributed by atoms with Crippen molar-refractivity contribution in [3.05, 3.63) is 42.5 Å². The molecule has 5 nitrogen and oxygen atoms in total. The summed E-state index contributed by atoms with van der Waals surface area (Å²) in [7, 11) is -1.34. The number of nitrogens with zero attached hydrogens (tertiary/aromatic N) is 2. The minimum atomic E-state index is -3.48. The lowest BCUT2D eigenvalue weighted by atomic mass is 10.1. The van der Waals surface area contributed by atoms with Crippen molar-refractivity contribution in [1.29, 1.82) is 0 Å². The van der Waals surface area contributed by atoms with Crippen LogP contribution in [0.15, 0.2) is 47.4 Å². The number of fused-ring (bicyclic) bond motifs is 1. The molecule has 0 atom stereocenters. The minimum absolute atomic E-state index is 0. The molecule has 0 aromatic heterocycles. The summed E-state index contributed by atoms with van der Waals surface area (Å²) in [4.78, 5) is 5.08. The first kappa shape index (κ1) is 20.1. The van der Waals surface area contributed by atoms with E-state index < -0.39 is 10.0 Å². The van der Waals surface area contributed by atoms with Crippen molar-refractivity contribution in [3.63, 3.8) is 0 Å². The zero-order valence-corrected chi connectivity index (χ0v) is 16.2. The summed E-state index contributed by atoms with van der Waals surface area (Å²) in [5.41, 5.74) is 0. The Morgan fingerprint density at radius 3 is 2.44 bits per heavy atom. The molecule has 2 aromatic rings. The first-order valence-electron chi connectivity index (χ1n) is 8.44. The molecule has 0 radical (unpaired) electrons. The third-order valence-electron chi connectivity index (χ3n) is 4.58. The second-order valence-corrected chi connectivity index (χ2v) is 8.11. The Morgan fingerprint density at radius 2 is 1.68 bits per heavy atom. The number of nitrogens with one attached hydrogen (secondary N) is 1. The fourth-order valence-electron chi connectivity index (χ4n) is 3.09. The van der Waals surface area contributed by atoms with E-state index in [1.54, 1.807) is 12.1 Å². The average Bonchev–Trinajstić information content (AvgIpc) is 2.60. The van der Waals surface area contributed by atoms with Crippen molar-refractivity contribution in [2.24, 2.45) is 0 Å². The largest absolute Gasteiger partial charge is 0.304 e. The van der Waals surface area contributed by atoms with Crippen LogP contribution in [0.3, 0.4) is 0 Å². The molecule has 7 heteroatoms. The Bertz CT molecular complexity index is 785. The molecule has 0 aliphatic carbocycles. The molecular formula is C18H26ClN3O2S. The number of likely N-dealkylation sites (N-methyl/N-ethyl adjacent to an activating group) is 1. The van der Waals surface area contributed by atoms with Gasteiger partial charge in [0.2, 0.25) is 10.0 Å². The molecule has 1 aliphatic heterocycles. The summed E-state index contributed by atoms with van der Waals surface area (Å²) in [6.45, 7) is 5.70. The summed E-state index contributed by atoms with van der Waals surface area (Å²) in [5.74, 6) is 0. The van der Waals surface area contributed by atoms with Crippen LogP contribution in [0.2, 0.25) is 0 Å². The van der Waals surface area contributed by atoms with E-state index in [1.165, 1.54) is 0 Å². The van der Waals surface area contributed by atoms with Gasteiger partial charge in [-0.15, -0.1) is 12.4 Å². The van der Waals surface area contributed by atoms with Crippen LogP contribution in [0.1, 0.15) is 6.42 Å². The van der Waals surface area contributed by atoms with E-state index in [4.69, 9.17) is 0 Å². The molecule has 0 amide bonds. The third kappa shape index (κ3) is 5.15. The molecule has 1 aliphatic rings. The lowest BCUT2D eigenvalue weighted by molar-refractivity contribution is 0.153. The fourth-order valence-corrected chi connectivity index (χ4v) is 4.39. The Hall–Kier alpha value is -1.18. The summed E-state index contributed by atoms with van der Waals surface area (Å²) < 4.78 is 28.0. The highest BCUT2D eigenvalue weighted by molar-refractivity contribution is 7.89. The van der Waals surface area contributed by atoms with Gasteiger partial charge in [-0.2, -0.15) is 0 Å². The highest BCUT2D eigenvalue weighted by Gasteiger charge is 2.17. The van der Waals surface area contributed by atoms with Crippen LogP contribution in [0.4, 0.5) is 0 Å². The molecule has 0 spiro atoms. The lowest BCUT2D eigenvalue weighted by Gasteiger charge is -2.32. The number of hydrogen-bond acceptors (Lipinski definition) is 4. The quantitative estimate of drug-likeness (QED) is 0.777. The molecule has 2 aromatic carbocycles. The summed E-state index contributed by atoms with van der Waals surface area (Å²) in [6.07, 6.45) is 0.827. The van der Waals surface area contributed by atoms with Crippen molar-refractivity contribution in [1.82, 2.24) is 14.5 Å². The smallest absolute Gasteiger partial charge is 0.241 e. The average molecular weight is 384 g/mol. The van der Waals surface area contributed by atoms with Gasteiger partial charge in [0.25, 0.3) is 0 Å². The molecule has 1 N–H and O–H groups in total. The second kappa shape index (κ2) is 8.96. The van der Waals surface area contributed by atoms with E-state index in [1.807, 2.05) is 30.3 Å². The molecule has 138 valence electrons. The number of hydrogen-bond donors (Lipinski definition) is 1. The predicted molar refractivity (Wildman–Crippen MR) is 105 cm³/mol. The molecule has 1 saturated heterocycles. The van der Waals surface area contributed by atoms with E-state index in [-0.39, 0.29) is 12.4 Å². The summed E-state index contributed by atoms with van der Waals surface area (Å²) in [5, 5.41) is 1.71. The van der Waals surface area contributed by atoms with Gasteiger partial charge in [0.05, 0.1) is 4.90 Å². The van der Waals surface area contributed by atoms with Crippen molar-refractivity contribution in [3.8, 4) is 0 Å². The highest BCUT2D eigenvalue weighted by Crippen LogP contribution is 2.22. The Kier molecular flexibility index (Phi) is 7.22. The number of rotatable bonds is 6. The van der Waals surface area contributed by atoms with E-state index >= 15 is 0 Å². The zero-order chi connectivity index (χ0) is 17.0. The standard InChI is InChI=1S/C18H25N3O2S.ClH/c1-20-12-14-21(15-13-20)11-5-10-19-24(22,23)18-9-4-7-16-6-2-3-8-17(16)18;/h2-4,6-9,19H,5,10-15H2,1H3;1H. The van der Waals surface area contributed by atoms with Crippen LogP contribution in [-0.2, 0) is 10.0 Å². The number of sulfonamides is 1. The van der Waals surface area contributed by atoms with Gasteiger partial charge in [0, 0.05) is 38.1 Å². The summed E-state index contributed by atoms with van der Waals surface area (Å²) in [6, 6.07) is 13.0. The van der Waals surface area contributed by atoms with E-state index in [9.17, 15) is 8.42 Å². The summed E-state index contributed by atoms with van der Waals surface area (Å²) >= 11 is 0. The minimum Gasteiger partial charge on any atom is -0.304 e. The zero-order valence-electron chi connectivity index (χ0n) is 14.5. The number of halogens is 1.